The summed E-state index contributed by atoms with van der Waals surface area (Å²) >= 11 is 0. The van der Waals surface area contributed by atoms with Crippen LogP contribution in [0.25, 0.3) is 0 Å². The van der Waals surface area contributed by atoms with Crippen molar-refractivity contribution in [2.75, 3.05) is 0 Å². The molecule has 0 unspecified atom stereocenters. The molecule has 0 aliphatic carbocycles. The molecule has 0 bridgehead atoms. The molecule has 0 aliphatic heterocycles. The van der Waals surface area contributed by atoms with Crippen molar-refractivity contribution in [3.63, 3.8) is 0 Å². The molecule has 0 saturated carbocycles. The average Bonchev–Trinajstić information content (AvgIpc) is 2.45. The van der Waals surface area contributed by atoms with Crippen LogP contribution in [0.15, 0.2) is 36.5 Å². The van der Waals surface area contributed by atoms with Gasteiger partial charge in [-0.1, -0.05) is 51.8 Å². The Kier molecular flexibility index (Phi) is 4.53. The van der Waals surface area contributed by atoms with Gasteiger partial charge in [-0.3, -0.25) is 4.98 Å². The van der Waals surface area contributed by atoms with Crippen molar-refractivity contribution in [1.82, 2.24) is 9.97 Å². The van der Waals surface area contributed by atoms with Gasteiger partial charge < -0.3 is 0 Å². The molecular formula is C18H20N2. The second-order valence-electron chi connectivity index (χ2n) is 5.45. The molecule has 0 radical (unpaired) electrons. The Bertz CT molecular complexity index is 631. The maximum Gasteiger partial charge on any atom is 0.135 e. The monoisotopic (exact) mass is 264 g/mol. The Balaban J connectivity index is 2.43. The lowest BCUT2D eigenvalue weighted by molar-refractivity contribution is 0.761. The fourth-order valence-electron chi connectivity index (χ4n) is 1.86. The molecule has 102 valence electrons. The molecule has 20 heavy (non-hydrogen) atoms. The fraction of sp³-hybridized carbons (Fsp3) is 0.333. The van der Waals surface area contributed by atoms with Crippen LogP contribution >= 0.6 is 0 Å². The van der Waals surface area contributed by atoms with Crippen molar-refractivity contribution in [2.24, 2.45) is 0 Å². The normalized spacial score (nSPS) is 10.5. The number of nitrogens with zero attached hydrogens (tertiary/aromatic N) is 2. The van der Waals surface area contributed by atoms with Crippen molar-refractivity contribution in [3.8, 4) is 11.8 Å². The van der Waals surface area contributed by atoms with Crippen LogP contribution < -0.4 is 0 Å². The summed E-state index contributed by atoms with van der Waals surface area (Å²) in [6.45, 7) is 8.47. The van der Waals surface area contributed by atoms with Crippen LogP contribution in [-0.4, -0.2) is 9.97 Å². The zero-order valence-corrected chi connectivity index (χ0v) is 12.5. The van der Waals surface area contributed by atoms with Gasteiger partial charge in [0.2, 0.25) is 0 Å². The molecule has 2 heteroatoms. The fourth-order valence-corrected chi connectivity index (χ4v) is 1.86. The number of rotatable bonds is 2. The summed E-state index contributed by atoms with van der Waals surface area (Å²) in [5.41, 5.74) is 3.76. The summed E-state index contributed by atoms with van der Waals surface area (Å²) in [6, 6.07) is 9.97. The van der Waals surface area contributed by atoms with Gasteiger partial charge in [0, 0.05) is 11.8 Å². The zero-order chi connectivity index (χ0) is 14.5. The molecule has 0 atom stereocenters. The van der Waals surface area contributed by atoms with Gasteiger partial charge in [-0.25, -0.2) is 4.98 Å². The Morgan fingerprint density at radius 1 is 0.900 bits per heavy atom. The van der Waals surface area contributed by atoms with Crippen LogP contribution in [0.4, 0.5) is 0 Å². The molecule has 0 amide bonds. The highest BCUT2D eigenvalue weighted by atomic mass is 14.8. The van der Waals surface area contributed by atoms with Crippen LogP contribution in [0.2, 0.25) is 0 Å². The topological polar surface area (TPSA) is 25.8 Å². The number of hydrogen-bond donors (Lipinski definition) is 0. The minimum absolute atomic E-state index is 0.323. The molecule has 2 nitrogen and oxygen atoms in total. The minimum atomic E-state index is 0.323. The number of hydrogen-bond acceptors (Lipinski definition) is 2. The van der Waals surface area contributed by atoms with E-state index in [2.05, 4.69) is 49.5 Å². The van der Waals surface area contributed by atoms with Gasteiger partial charge in [0.15, 0.2) is 0 Å². The van der Waals surface area contributed by atoms with E-state index in [9.17, 15) is 0 Å². The molecule has 0 spiro atoms. The standard InChI is InChI=1S/C18H20N2/c1-13(2)17-12-19-18(14(3)4)16(20-17)11-10-15-8-6-5-7-9-15/h5-9,12-14H,1-4H3. The van der Waals surface area contributed by atoms with Gasteiger partial charge in [0.25, 0.3) is 0 Å². The van der Waals surface area contributed by atoms with Crippen LogP contribution in [-0.2, 0) is 0 Å². The Hall–Kier alpha value is -2.14. The summed E-state index contributed by atoms with van der Waals surface area (Å²) in [5, 5.41) is 0. The summed E-state index contributed by atoms with van der Waals surface area (Å²) in [7, 11) is 0. The van der Waals surface area contributed by atoms with Gasteiger partial charge in [-0.15, -0.1) is 0 Å². The van der Waals surface area contributed by atoms with Gasteiger partial charge >= 0.3 is 0 Å². The van der Waals surface area contributed by atoms with Gasteiger partial charge in [0.05, 0.1) is 11.4 Å². The predicted octanol–water partition coefficient (Wildman–Crippen LogP) is 4.12. The van der Waals surface area contributed by atoms with E-state index in [0.29, 0.717) is 11.8 Å². The van der Waals surface area contributed by atoms with E-state index in [1.807, 2.05) is 36.5 Å². The molecule has 1 aromatic heterocycles. The van der Waals surface area contributed by atoms with E-state index < -0.39 is 0 Å². The summed E-state index contributed by atoms with van der Waals surface area (Å²) in [4.78, 5) is 9.22. The first-order chi connectivity index (χ1) is 9.58. The van der Waals surface area contributed by atoms with Crippen LogP contribution in [0.3, 0.4) is 0 Å². The smallest absolute Gasteiger partial charge is 0.135 e. The summed E-state index contributed by atoms with van der Waals surface area (Å²) < 4.78 is 0. The second-order valence-corrected chi connectivity index (χ2v) is 5.45. The third-order valence-electron chi connectivity index (χ3n) is 3.06. The summed E-state index contributed by atoms with van der Waals surface area (Å²) in [6.07, 6.45) is 1.87. The molecule has 2 rings (SSSR count). The van der Waals surface area contributed by atoms with Crippen LogP contribution in [0.1, 0.15) is 62.2 Å². The molecule has 0 aliphatic rings. The molecular weight excluding hydrogens is 244 g/mol. The maximum absolute atomic E-state index is 4.67. The van der Waals surface area contributed by atoms with Gasteiger partial charge in [-0.2, -0.15) is 0 Å². The third kappa shape index (κ3) is 3.45. The highest BCUT2D eigenvalue weighted by Gasteiger charge is 2.11. The molecule has 1 heterocycles. The lowest BCUT2D eigenvalue weighted by atomic mass is 10.1. The quantitative estimate of drug-likeness (QED) is 0.762. The van der Waals surface area contributed by atoms with Crippen molar-refractivity contribution in [1.29, 1.82) is 0 Å². The highest BCUT2D eigenvalue weighted by molar-refractivity contribution is 5.42. The van der Waals surface area contributed by atoms with Crippen molar-refractivity contribution in [3.05, 3.63) is 59.2 Å². The Morgan fingerprint density at radius 2 is 1.60 bits per heavy atom. The van der Waals surface area contributed by atoms with E-state index in [-0.39, 0.29) is 0 Å². The number of aromatic nitrogens is 2. The third-order valence-corrected chi connectivity index (χ3v) is 3.06. The lowest BCUT2D eigenvalue weighted by Crippen LogP contribution is -2.04. The largest absolute Gasteiger partial charge is 0.256 e. The second kappa shape index (κ2) is 6.34. The predicted molar refractivity (Wildman–Crippen MR) is 82.6 cm³/mol. The lowest BCUT2D eigenvalue weighted by Gasteiger charge is -2.10. The Labute approximate surface area is 121 Å². The van der Waals surface area contributed by atoms with Gasteiger partial charge in [0.1, 0.15) is 5.69 Å². The van der Waals surface area contributed by atoms with Crippen molar-refractivity contribution >= 4 is 0 Å². The van der Waals surface area contributed by atoms with E-state index in [1.54, 1.807) is 0 Å². The SMILES string of the molecule is CC(C)c1cnc(C(C)C)c(C#Cc2ccccc2)n1. The van der Waals surface area contributed by atoms with Crippen molar-refractivity contribution in [2.45, 2.75) is 39.5 Å². The number of benzene rings is 1. The minimum Gasteiger partial charge on any atom is -0.256 e. The Morgan fingerprint density at radius 3 is 2.20 bits per heavy atom. The first-order valence-corrected chi connectivity index (χ1v) is 7.02. The van der Waals surface area contributed by atoms with E-state index in [0.717, 1.165) is 22.6 Å². The first-order valence-electron chi connectivity index (χ1n) is 7.02. The molecule has 0 saturated heterocycles. The zero-order valence-electron chi connectivity index (χ0n) is 12.5. The molecule has 0 fully saturated rings. The molecule has 1 aromatic carbocycles. The highest BCUT2D eigenvalue weighted by Crippen LogP contribution is 2.18. The average molecular weight is 264 g/mol. The summed E-state index contributed by atoms with van der Waals surface area (Å²) in [5.74, 6) is 7.04. The molecule has 0 N–H and O–H groups in total. The van der Waals surface area contributed by atoms with E-state index >= 15 is 0 Å². The van der Waals surface area contributed by atoms with E-state index in [1.165, 1.54) is 0 Å². The molecule has 2 aromatic rings. The van der Waals surface area contributed by atoms with Crippen molar-refractivity contribution < 1.29 is 0 Å². The maximum atomic E-state index is 4.67. The van der Waals surface area contributed by atoms with E-state index in [4.69, 9.17) is 0 Å². The van der Waals surface area contributed by atoms with Crippen LogP contribution in [0, 0.1) is 11.8 Å². The van der Waals surface area contributed by atoms with Gasteiger partial charge in [-0.05, 0) is 29.9 Å². The first kappa shape index (κ1) is 14.3. The van der Waals surface area contributed by atoms with Crippen LogP contribution in [0.5, 0.6) is 0 Å².